The van der Waals surface area contributed by atoms with E-state index in [1.54, 1.807) is 20.8 Å². The van der Waals surface area contributed by atoms with Crippen LogP contribution in [0.1, 0.15) is 20.8 Å². The number of halogens is 1. The Balaban J connectivity index is -0.0000000301. The summed E-state index contributed by atoms with van der Waals surface area (Å²) in [5.41, 5.74) is 0. The summed E-state index contributed by atoms with van der Waals surface area (Å²) in [4.78, 5) is 0. The molecular formula is C6H18ClO3Ru. The van der Waals surface area contributed by atoms with Gasteiger partial charge in [0.25, 0.3) is 0 Å². The van der Waals surface area contributed by atoms with E-state index >= 15 is 0 Å². The van der Waals surface area contributed by atoms with E-state index in [4.69, 9.17) is 15.3 Å². The van der Waals surface area contributed by atoms with Crippen LogP contribution in [0.15, 0.2) is 0 Å². The van der Waals surface area contributed by atoms with Crippen LogP contribution in [-0.4, -0.2) is 35.1 Å². The van der Waals surface area contributed by atoms with Gasteiger partial charge in [0.2, 0.25) is 0 Å². The van der Waals surface area contributed by atoms with Gasteiger partial charge in [-0.15, -0.1) is 0 Å². The number of aliphatic hydroxyl groups is 3. The molecule has 0 radical (unpaired) electrons. The molecule has 0 fully saturated rings. The first kappa shape index (κ1) is 22.6. The average Bonchev–Trinajstić information content (AvgIpc) is 1.96. The Morgan fingerprint density at radius 1 is 0.818 bits per heavy atom. The van der Waals surface area contributed by atoms with Crippen molar-refractivity contribution in [2.24, 2.45) is 0 Å². The van der Waals surface area contributed by atoms with Crippen molar-refractivity contribution < 1.29 is 32.6 Å². The predicted molar refractivity (Wildman–Crippen MR) is 44.1 cm³/mol. The van der Waals surface area contributed by atoms with Gasteiger partial charge in [0.05, 0.1) is 0 Å². The Bertz CT molecular complexity index is 22.5. The molecule has 3 nitrogen and oxygen atoms in total. The summed E-state index contributed by atoms with van der Waals surface area (Å²) in [6.45, 7) is 5.79. The van der Waals surface area contributed by atoms with E-state index < -0.39 is 0 Å². The first-order chi connectivity index (χ1) is 5.24. The summed E-state index contributed by atoms with van der Waals surface area (Å²) in [6.07, 6.45) is 0. The molecule has 5 heteroatoms. The van der Waals surface area contributed by atoms with Crippen LogP contribution in [0.2, 0.25) is 0 Å². The van der Waals surface area contributed by atoms with Crippen molar-refractivity contribution in [1.82, 2.24) is 0 Å². The standard InChI is InChI=1S/3C2H6O.ClH.Ru/c3*1-2-3;;/h3*3H,2H2,1H3;1H;/q;;;;+1/p-1. The van der Waals surface area contributed by atoms with Crippen LogP contribution >= 0.6 is 9.69 Å². The molecule has 0 atom stereocenters. The second-order valence-corrected chi connectivity index (χ2v) is 0.949. The van der Waals surface area contributed by atoms with Crippen molar-refractivity contribution >= 4 is 9.69 Å². The summed E-state index contributed by atoms with van der Waals surface area (Å²) < 4.78 is 0. The number of hydrogen-bond donors (Lipinski definition) is 3. The topological polar surface area (TPSA) is 60.7 Å². The average molecular weight is 275 g/mol. The summed E-state index contributed by atoms with van der Waals surface area (Å²) in [5, 5.41) is 22.7. The second kappa shape index (κ2) is 71.9. The molecule has 0 heterocycles. The van der Waals surface area contributed by atoms with E-state index in [9.17, 15) is 0 Å². The third-order valence-electron chi connectivity index (χ3n) is 0. The Hall–Kier alpha value is 0.793. The first-order valence-corrected chi connectivity index (χ1v) is 5.44. The molecule has 11 heavy (non-hydrogen) atoms. The van der Waals surface area contributed by atoms with E-state index in [2.05, 4.69) is 9.69 Å². The molecule has 0 bridgehead atoms. The Labute approximate surface area is 83.1 Å². The maximum atomic E-state index is 7.57. The van der Waals surface area contributed by atoms with Gasteiger partial charge in [0.15, 0.2) is 0 Å². The van der Waals surface area contributed by atoms with Gasteiger partial charge in [-0.1, -0.05) is 0 Å². The molecule has 0 aliphatic heterocycles. The molecule has 0 unspecified atom stereocenters. The van der Waals surface area contributed by atoms with Gasteiger partial charge in [-0.2, -0.15) is 0 Å². The van der Waals surface area contributed by atoms with E-state index in [1.165, 1.54) is 0 Å². The number of hydrogen-bond acceptors (Lipinski definition) is 3. The van der Waals surface area contributed by atoms with Crippen LogP contribution in [0.4, 0.5) is 0 Å². The molecule has 0 aliphatic carbocycles. The van der Waals surface area contributed by atoms with Crippen LogP contribution in [0.3, 0.4) is 0 Å². The normalized spacial score (nSPS) is 5.45. The molecule has 0 aromatic heterocycles. The van der Waals surface area contributed by atoms with Crippen molar-refractivity contribution in [1.29, 1.82) is 0 Å². The molecule has 3 N–H and O–H groups in total. The zero-order valence-corrected chi connectivity index (χ0v) is 9.69. The zero-order valence-electron chi connectivity index (χ0n) is 7.19. The first-order valence-electron chi connectivity index (χ1n) is 3.20. The fraction of sp³-hybridized carbons (Fsp3) is 1.00. The van der Waals surface area contributed by atoms with Crippen LogP contribution in [-0.2, 0) is 17.3 Å². The van der Waals surface area contributed by atoms with Gasteiger partial charge in [0.1, 0.15) is 0 Å². The fourth-order valence-corrected chi connectivity index (χ4v) is 0. The Morgan fingerprint density at radius 3 is 0.818 bits per heavy atom. The third-order valence-corrected chi connectivity index (χ3v) is 0. The van der Waals surface area contributed by atoms with Crippen molar-refractivity contribution in [2.45, 2.75) is 20.8 Å². The molecule has 0 saturated heterocycles. The summed E-state index contributed by atoms with van der Waals surface area (Å²) in [7, 11) is 4.57. The third kappa shape index (κ3) is 1330. The van der Waals surface area contributed by atoms with Gasteiger partial charge in [0, 0.05) is 19.8 Å². The van der Waals surface area contributed by atoms with Crippen molar-refractivity contribution in [2.75, 3.05) is 19.8 Å². The van der Waals surface area contributed by atoms with E-state index in [0.717, 1.165) is 0 Å². The van der Waals surface area contributed by atoms with E-state index in [1.807, 2.05) is 17.3 Å². The summed E-state index contributed by atoms with van der Waals surface area (Å²) in [6, 6.07) is 0. The monoisotopic (exact) mass is 275 g/mol. The molecule has 0 amide bonds. The van der Waals surface area contributed by atoms with Crippen LogP contribution in [0.5, 0.6) is 0 Å². The Morgan fingerprint density at radius 2 is 0.818 bits per heavy atom. The van der Waals surface area contributed by atoms with Gasteiger partial charge < -0.3 is 15.3 Å². The van der Waals surface area contributed by atoms with Crippen molar-refractivity contribution in [3.8, 4) is 0 Å². The minimum atomic E-state index is 0.250. The van der Waals surface area contributed by atoms with Crippen LogP contribution in [0.25, 0.3) is 0 Å². The van der Waals surface area contributed by atoms with Crippen LogP contribution < -0.4 is 0 Å². The van der Waals surface area contributed by atoms with Gasteiger partial charge in [-0.05, 0) is 20.8 Å². The minimum absolute atomic E-state index is 0.250. The molecule has 0 spiro atoms. The molecule has 0 saturated carbocycles. The van der Waals surface area contributed by atoms with Gasteiger partial charge >= 0.3 is 27.0 Å². The van der Waals surface area contributed by atoms with Gasteiger partial charge in [-0.3, -0.25) is 0 Å². The molecule has 0 aliphatic rings. The molecule has 75 valence electrons. The quantitative estimate of drug-likeness (QED) is 0.570. The van der Waals surface area contributed by atoms with Gasteiger partial charge in [-0.25, -0.2) is 0 Å². The molecule has 0 aromatic rings. The Kier molecular flexibility index (Phi) is 148. The fourth-order valence-electron chi connectivity index (χ4n) is 0. The number of aliphatic hydroxyl groups excluding tert-OH is 3. The molecule has 0 rings (SSSR count). The summed E-state index contributed by atoms with van der Waals surface area (Å²) >= 11 is 1.82. The molecular weight excluding hydrogens is 257 g/mol. The zero-order chi connectivity index (χ0) is 10.1. The maximum absolute atomic E-state index is 7.57. The summed E-state index contributed by atoms with van der Waals surface area (Å²) in [5.74, 6) is 0. The van der Waals surface area contributed by atoms with E-state index in [0.29, 0.717) is 0 Å². The van der Waals surface area contributed by atoms with Crippen molar-refractivity contribution in [3.05, 3.63) is 0 Å². The van der Waals surface area contributed by atoms with E-state index in [-0.39, 0.29) is 19.8 Å². The van der Waals surface area contributed by atoms with Crippen molar-refractivity contribution in [3.63, 3.8) is 0 Å². The predicted octanol–water partition coefficient (Wildman–Crippen LogP) is 0.683. The molecule has 0 aromatic carbocycles. The SMILES string of the molecule is CCO.CCO.CCO.[Cl][Ru]. The number of rotatable bonds is 0. The van der Waals surface area contributed by atoms with Crippen LogP contribution in [0, 0.1) is 0 Å². The second-order valence-electron chi connectivity index (χ2n) is 0.949.